The number of nitrogens with zero attached hydrogens (tertiary/aromatic N) is 2. The lowest BCUT2D eigenvalue weighted by molar-refractivity contribution is -0.142. The van der Waals surface area contributed by atoms with Gasteiger partial charge in [-0.3, -0.25) is 13.9 Å². The molecule has 1 heterocycles. The van der Waals surface area contributed by atoms with Gasteiger partial charge in [-0.15, -0.1) is 0 Å². The summed E-state index contributed by atoms with van der Waals surface area (Å²) in [6.07, 6.45) is 0.558. The lowest BCUT2D eigenvalue weighted by Crippen LogP contribution is -2.54. The fourth-order valence-corrected chi connectivity index (χ4v) is 7.26. The Kier molecular flexibility index (Phi) is 8.55. The predicted octanol–water partition coefficient (Wildman–Crippen LogP) is 5.82. The summed E-state index contributed by atoms with van der Waals surface area (Å²) in [6, 6.07) is 25.2. The number of carbonyl (C=O) groups is 2. The van der Waals surface area contributed by atoms with Crippen LogP contribution >= 0.6 is 0 Å². The average Bonchev–Trinajstić information content (AvgIpc) is 3.18. The molecule has 0 aliphatic carbocycles. The van der Waals surface area contributed by atoms with Gasteiger partial charge in [0.25, 0.3) is 10.0 Å². The zero-order chi connectivity index (χ0) is 30.8. The Morgan fingerprint density at radius 3 is 2.23 bits per heavy atom. The van der Waals surface area contributed by atoms with Crippen LogP contribution in [0.15, 0.2) is 95.9 Å². The molecule has 1 N–H and O–H groups in total. The number of hydrogen-bond acceptors (Lipinski definition) is 4. The van der Waals surface area contributed by atoms with Gasteiger partial charge in [0.2, 0.25) is 11.8 Å². The zero-order valence-corrected chi connectivity index (χ0v) is 25.4. The number of hydrogen-bond donors (Lipinski definition) is 1. The third-order valence-electron chi connectivity index (χ3n) is 7.47. The van der Waals surface area contributed by atoms with Gasteiger partial charge in [-0.05, 0) is 68.0 Å². The van der Waals surface area contributed by atoms with E-state index in [1.807, 2.05) is 69.3 Å². The molecule has 5 rings (SSSR count). The van der Waals surface area contributed by atoms with Crippen LogP contribution < -0.4 is 9.62 Å². The van der Waals surface area contributed by atoms with Crippen LogP contribution in [-0.2, 0) is 32.6 Å². The highest BCUT2D eigenvalue weighted by Gasteiger charge is 2.36. The number of sulfonamides is 1. The van der Waals surface area contributed by atoms with Crippen LogP contribution in [-0.4, -0.2) is 43.3 Å². The molecular weight excluding hydrogens is 565 g/mol. The maximum absolute atomic E-state index is 14.0. The van der Waals surface area contributed by atoms with Gasteiger partial charge >= 0.3 is 0 Å². The molecule has 4 aromatic rings. The van der Waals surface area contributed by atoms with Crippen molar-refractivity contribution in [2.45, 2.75) is 63.1 Å². The minimum Gasteiger partial charge on any atom is -0.350 e. The van der Waals surface area contributed by atoms with Gasteiger partial charge < -0.3 is 10.2 Å². The summed E-state index contributed by atoms with van der Waals surface area (Å²) in [4.78, 5) is 29.5. The third kappa shape index (κ3) is 6.72. The Hall–Kier alpha value is -4.24. The molecule has 0 bridgehead atoms. The molecule has 0 radical (unpaired) electrons. The molecule has 0 aromatic heterocycles. The molecule has 43 heavy (non-hydrogen) atoms. The van der Waals surface area contributed by atoms with E-state index in [9.17, 15) is 22.4 Å². The van der Waals surface area contributed by atoms with Gasteiger partial charge in [0, 0.05) is 36.9 Å². The van der Waals surface area contributed by atoms with Gasteiger partial charge in [-0.1, -0.05) is 66.7 Å². The van der Waals surface area contributed by atoms with E-state index in [0.717, 1.165) is 10.9 Å². The van der Waals surface area contributed by atoms with Crippen LogP contribution in [0.4, 0.5) is 10.1 Å². The van der Waals surface area contributed by atoms with Gasteiger partial charge in [0.05, 0.1) is 10.6 Å². The van der Waals surface area contributed by atoms with Crippen LogP contribution in [0.25, 0.3) is 10.8 Å². The van der Waals surface area contributed by atoms with Crippen molar-refractivity contribution < 1.29 is 22.4 Å². The molecule has 1 unspecified atom stereocenters. The first-order valence-electron chi connectivity index (χ1n) is 14.4. The molecular formula is C34H36FN3O4S. The fourth-order valence-electron chi connectivity index (χ4n) is 5.51. The van der Waals surface area contributed by atoms with E-state index in [-0.39, 0.29) is 49.1 Å². The van der Waals surface area contributed by atoms with E-state index < -0.39 is 27.4 Å². The average molecular weight is 602 g/mol. The molecule has 1 aliphatic rings. The minimum absolute atomic E-state index is 0.0215. The Morgan fingerprint density at radius 1 is 0.884 bits per heavy atom. The standard InChI is InChI=1S/C34H36FN3O4S/c1-34(2,3)36-33(40)29(22-24-10-5-4-6-11-24)37(23-25-17-19-27(35)20-18-25)31(39)16-9-21-38-28-14-7-12-26-13-8-15-30(32(26)28)43(38,41)42/h4-8,10-15,17-20,29H,9,16,21-23H2,1-3H3,(H,36,40). The van der Waals surface area contributed by atoms with E-state index in [0.29, 0.717) is 16.6 Å². The lowest BCUT2D eigenvalue weighted by atomic mass is 10.00. The Balaban J connectivity index is 1.40. The maximum atomic E-state index is 14.0. The highest BCUT2D eigenvalue weighted by molar-refractivity contribution is 7.93. The second kappa shape index (κ2) is 12.2. The van der Waals surface area contributed by atoms with Crippen molar-refractivity contribution in [3.05, 3.63) is 108 Å². The van der Waals surface area contributed by atoms with E-state index in [2.05, 4.69) is 5.32 Å². The number of anilines is 1. The molecule has 0 spiro atoms. The molecule has 1 aliphatic heterocycles. The normalized spacial score (nSPS) is 14.5. The van der Waals surface area contributed by atoms with Crippen LogP contribution in [0.1, 0.15) is 44.7 Å². The summed E-state index contributed by atoms with van der Waals surface area (Å²) in [7, 11) is -3.75. The van der Waals surface area contributed by atoms with Crippen molar-refractivity contribution in [3.63, 3.8) is 0 Å². The quantitative estimate of drug-likeness (QED) is 0.248. The van der Waals surface area contributed by atoms with Crippen LogP contribution in [0.2, 0.25) is 0 Å². The second-order valence-electron chi connectivity index (χ2n) is 11.9. The maximum Gasteiger partial charge on any atom is 0.265 e. The van der Waals surface area contributed by atoms with Crippen molar-refractivity contribution in [1.82, 2.24) is 10.2 Å². The predicted molar refractivity (Wildman–Crippen MR) is 166 cm³/mol. The first-order valence-corrected chi connectivity index (χ1v) is 15.8. The molecule has 2 amide bonds. The molecule has 7 nitrogen and oxygen atoms in total. The molecule has 9 heteroatoms. The topological polar surface area (TPSA) is 86.8 Å². The molecule has 1 atom stereocenters. The first-order chi connectivity index (χ1) is 20.4. The summed E-state index contributed by atoms with van der Waals surface area (Å²) >= 11 is 0. The van der Waals surface area contributed by atoms with Gasteiger partial charge in [-0.2, -0.15) is 0 Å². The Morgan fingerprint density at radius 2 is 1.56 bits per heavy atom. The Labute approximate surface area is 252 Å². The molecule has 0 saturated heterocycles. The second-order valence-corrected chi connectivity index (χ2v) is 13.7. The highest BCUT2D eigenvalue weighted by Crippen LogP contribution is 2.42. The van der Waals surface area contributed by atoms with Crippen molar-refractivity contribution in [2.24, 2.45) is 0 Å². The van der Waals surface area contributed by atoms with Crippen molar-refractivity contribution >= 4 is 38.3 Å². The van der Waals surface area contributed by atoms with Crippen LogP contribution in [0.3, 0.4) is 0 Å². The van der Waals surface area contributed by atoms with E-state index >= 15 is 0 Å². The van der Waals surface area contributed by atoms with Crippen LogP contribution in [0.5, 0.6) is 0 Å². The molecule has 0 fully saturated rings. The fraction of sp³-hybridized carbons (Fsp3) is 0.294. The smallest absolute Gasteiger partial charge is 0.265 e. The number of halogens is 1. The number of amides is 2. The van der Waals surface area contributed by atoms with Gasteiger partial charge in [0.15, 0.2) is 0 Å². The highest BCUT2D eigenvalue weighted by atomic mass is 32.2. The van der Waals surface area contributed by atoms with Crippen molar-refractivity contribution in [1.29, 1.82) is 0 Å². The molecule has 4 aromatic carbocycles. The van der Waals surface area contributed by atoms with Gasteiger partial charge in [-0.25, -0.2) is 12.8 Å². The van der Waals surface area contributed by atoms with Crippen LogP contribution in [0, 0.1) is 5.82 Å². The third-order valence-corrected chi connectivity index (χ3v) is 9.32. The summed E-state index contributed by atoms with van der Waals surface area (Å²) in [6.45, 7) is 5.85. The monoisotopic (exact) mass is 601 g/mol. The van der Waals surface area contributed by atoms with E-state index in [4.69, 9.17) is 0 Å². The van der Waals surface area contributed by atoms with E-state index in [1.54, 1.807) is 30.3 Å². The SMILES string of the molecule is CC(C)(C)NC(=O)C(Cc1ccccc1)N(Cc1ccc(F)cc1)C(=O)CCCN1c2cccc3cccc(c23)S1(=O)=O. The molecule has 0 saturated carbocycles. The van der Waals surface area contributed by atoms with Gasteiger partial charge in [0.1, 0.15) is 11.9 Å². The number of rotatable bonds is 10. The largest absolute Gasteiger partial charge is 0.350 e. The zero-order valence-electron chi connectivity index (χ0n) is 24.6. The summed E-state index contributed by atoms with van der Waals surface area (Å²) in [5.74, 6) is -0.978. The lowest BCUT2D eigenvalue weighted by Gasteiger charge is -2.34. The minimum atomic E-state index is -3.75. The Bertz CT molecular complexity index is 1730. The van der Waals surface area contributed by atoms with Crippen molar-refractivity contribution in [2.75, 3.05) is 10.8 Å². The number of nitrogens with one attached hydrogen (secondary N) is 1. The van der Waals surface area contributed by atoms with Crippen molar-refractivity contribution in [3.8, 4) is 0 Å². The van der Waals surface area contributed by atoms with E-state index in [1.165, 1.54) is 21.3 Å². The summed E-state index contributed by atoms with van der Waals surface area (Å²) in [5.41, 5.74) is 1.65. The first kappa shape index (κ1) is 30.2. The molecule has 224 valence electrons. The number of benzene rings is 4. The summed E-state index contributed by atoms with van der Waals surface area (Å²) in [5, 5.41) is 4.56. The summed E-state index contributed by atoms with van der Waals surface area (Å²) < 4.78 is 41.9. The number of carbonyl (C=O) groups excluding carboxylic acids is 2.